The molecule has 1 atom stereocenters. The lowest BCUT2D eigenvalue weighted by atomic mass is 9.84. The lowest BCUT2D eigenvalue weighted by molar-refractivity contribution is -0.128. The highest BCUT2D eigenvalue weighted by Crippen LogP contribution is 2.28. The third-order valence-corrected chi connectivity index (χ3v) is 4.76. The van der Waals surface area contributed by atoms with Crippen molar-refractivity contribution < 1.29 is 14.6 Å². The van der Waals surface area contributed by atoms with Crippen LogP contribution in [0.2, 0.25) is 0 Å². The van der Waals surface area contributed by atoms with Gasteiger partial charge in [-0.05, 0) is 68.2 Å². The van der Waals surface area contributed by atoms with E-state index in [-0.39, 0.29) is 11.2 Å². The Morgan fingerprint density at radius 1 is 1.03 bits per heavy atom. The summed E-state index contributed by atoms with van der Waals surface area (Å²) in [6.45, 7) is 10.4. The highest BCUT2D eigenvalue weighted by molar-refractivity contribution is 5.88. The molecule has 156 valence electrons. The molecule has 2 aromatic carbocycles. The highest BCUT2D eigenvalue weighted by Gasteiger charge is 2.15. The van der Waals surface area contributed by atoms with Gasteiger partial charge in [0.05, 0.1) is 0 Å². The number of esters is 1. The fraction of sp³-hybridized carbons (Fsp3) is 0.222. The molecule has 0 aromatic heterocycles. The topological polar surface area (TPSA) is 46.5 Å². The van der Waals surface area contributed by atoms with Crippen molar-refractivity contribution in [1.29, 1.82) is 0 Å². The van der Waals surface area contributed by atoms with Crippen molar-refractivity contribution in [2.75, 3.05) is 0 Å². The highest BCUT2D eigenvalue weighted by atomic mass is 16.5. The number of benzene rings is 2. The third-order valence-electron chi connectivity index (χ3n) is 4.76. The lowest BCUT2D eigenvalue weighted by Crippen LogP contribution is -2.08. The molecule has 0 aliphatic carbocycles. The van der Waals surface area contributed by atoms with Crippen LogP contribution in [0.25, 0.3) is 12.2 Å². The van der Waals surface area contributed by atoms with E-state index in [2.05, 4.69) is 45.6 Å². The van der Waals surface area contributed by atoms with Crippen molar-refractivity contribution in [2.45, 2.75) is 33.6 Å². The largest absolute Gasteiger partial charge is 0.508 e. The first kappa shape index (κ1) is 23.0. The van der Waals surface area contributed by atoms with Crippen LogP contribution in [0, 0.1) is 5.41 Å². The van der Waals surface area contributed by atoms with Crippen LogP contribution in [0.5, 0.6) is 11.5 Å². The summed E-state index contributed by atoms with van der Waals surface area (Å²) in [5.41, 5.74) is 3.09. The molecule has 1 N–H and O–H groups in total. The second-order valence-electron chi connectivity index (χ2n) is 7.78. The summed E-state index contributed by atoms with van der Waals surface area (Å²) >= 11 is 0. The van der Waals surface area contributed by atoms with E-state index in [4.69, 9.17) is 4.74 Å². The summed E-state index contributed by atoms with van der Waals surface area (Å²) in [7, 11) is 0. The zero-order valence-electron chi connectivity index (χ0n) is 18.0. The van der Waals surface area contributed by atoms with Gasteiger partial charge in [-0.25, -0.2) is 4.79 Å². The number of phenols is 1. The minimum atomic E-state index is -0.454. The van der Waals surface area contributed by atoms with Gasteiger partial charge in [0.25, 0.3) is 0 Å². The van der Waals surface area contributed by atoms with Crippen LogP contribution >= 0.6 is 0 Å². The van der Waals surface area contributed by atoms with Gasteiger partial charge in [0.15, 0.2) is 0 Å². The van der Waals surface area contributed by atoms with E-state index < -0.39 is 5.97 Å². The van der Waals surface area contributed by atoms with Crippen molar-refractivity contribution in [2.24, 2.45) is 5.41 Å². The van der Waals surface area contributed by atoms with Crippen molar-refractivity contribution in [3.05, 3.63) is 96.1 Å². The predicted octanol–water partition coefficient (Wildman–Crippen LogP) is 6.96. The van der Waals surface area contributed by atoms with Crippen molar-refractivity contribution in [3.63, 3.8) is 0 Å². The second kappa shape index (κ2) is 11.0. The smallest absolute Gasteiger partial charge is 0.336 e. The average Bonchev–Trinajstić information content (AvgIpc) is 2.72. The molecule has 30 heavy (non-hydrogen) atoms. The van der Waals surface area contributed by atoms with Gasteiger partial charge in [0, 0.05) is 11.5 Å². The molecule has 3 heteroatoms. The number of carbonyl (C=O) groups excluding carboxylic acids is 1. The molecular formula is C27H30O3. The minimum absolute atomic E-state index is 0.0733. The maximum atomic E-state index is 12.0. The van der Waals surface area contributed by atoms with E-state index in [1.54, 1.807) is 42.5 Å². The van der Waals surface area contributed by atoms with Gasteiger partial charge < -0.3 is 9.84 Å². The quantitative estimate of drug-likeness (QED) is 0.213. The second-order valence-corrected chi connectivity index (χ2v) is 7.78. The molecule has 0 aliphatic heterocycles. The molecule has 0 bridgehead atoms. The molecular weight excluding hydrogens is 372 g/mol. The Balaban J connectivity index is 1.94. The normalized spacial score (nSPS) is 13.2. The maximum absolute atomic E-state index is 12.0. The van der Waals surface area contributed by atoms with Crippen LogP contribution in [-0.4, -0.2) is 11.1 Å². The number of aromatic hydroxyl groups is 1. The summed E-state index contributed by atoms with van der Waals surface area (Å²) in [4.78, 5) is 12.0. The molecule has 2 aromatic rings. The lowest BCUT2D eigenvalue weighted by Gasteiger charge is -2.20. The molecule has 0 saturated carbocycles. The van der Waals surface area contributed by atoms with E-state index in [9.17, 15) is 9.90 Å². The van der Waals surface area contributed by atoms with Crippen LogP contribution in [0.1, 0.15) is 44.7 Å². The van der Waals surface area contributed by atoms with E-state index in [0.29, 0.717) is 5.75 Å². The van der Waals surface area contributed by atoms with Gasteiger partial charge in [-0.15, -0.1) is 6.58 Å². The van der Waals surface area contributed by atoms with E-state index in [1.165, 1.54) is 11.6 Å². The van der Waals surface area contributed by atoms with E-state index in [0.717, 1.165) is 24.0 Å². The van der Waals surface area contributed by atoms with Gasteiger partial charge in [-0.3, -0.25) is 0 Å². The number of phenolic OH excluding ortho intramolecular Hbond substituents is 1. The average molecular weight is 403 g/mol. The third kappa shape index (κ3) is 7.96. The number of rotatable bonds is 9. The summed E-state index contributed by atoms with van der Waals surface area (Å²) < 4.78 is 5.34. The molecule has 3 nitrogen and oxygen atoms in total. The van der Waals surface area contributed by atoms with Gasteiger partial charge in [-0.1, -0.05) is 61.1 Å². The Bertz CT molecular complexity index is 927. The van der Waals surface area contributed by atoms with Crippen molar-refractivity contribution in [3.8, 4) is 11.5 Å². The summed E-state index contributed by atoms with van der Waals surface area (Å²) in [6.07, 6.45) is 13.5. The van der Waals surface area contributed by atoms with Gasteiger partial charge >= 0.3 is 5.97 Å². The zero-order valence-corrected chi connectivity index (χ0v) is 18.0. The molecule has 0 heterocycles. The molecule has 2 rings (SSSR count). The monoisotopic (exact) mass is 402 g/mol. The minimum Gasteiger partial charge on any atom is -0.508 e. The Morgan fingerprint density at radius 3 is 2.23 bits per heavy atom. The Morgan fingerprint density at radius 2 is 1.63 bits per heavy atom. The number of hydrogen-bond donors (Lipinski definition) is 1. The van der Waals surface area contributed by atoms with E-state index in [1.807, 2.05) is 18.2 Å². The van der Waals surface area contributed by atoms with Crippen molar-refractivity contribution in [1.82, 2.24) is 0 Å². The predicted molar refractivity (Wildman–Crippen MR) is 125 cm³/mol. The van der Waals surface area contributed by atoms with Crippen LogP contribution < -0.4 is 4.74 Å². The van der Waals surface area contributed by atoms with Crippen LogP contribution in [0.4, 0.5) is 0 Å². The first-order valence-electron chi connectivity index (χ1n) is 10.0. The number of hydrogen-bond acceptors (Lipinski definition) is 3. The van der Waals surface area contributed by atoms with Crippen molar-refractivity contribution >= 4 is 18.1 Å². The van der Waals surface area contributed by atoms with E-state index >= 15 is 0 Å². The van der Waals surface area contributed by atoms with Crippen LogP contribution in [0.15, 0.2) is 85.0 Å². The molecule has 0 aliphatic rings. The molecule has 0 spiro atoms. The Labute approximate surface area is 179 Å². The number of carbonyl (C=O) groups is 1. The number of ether oxygens (including phenoxy) is 1. The molecule has 0 radical (unpaired) electrons. The molecule has 0 saturated heterocycles. The Hall–Kier alpha value is -3.33. The molecule has 0 unspecified atom stereocenters. The zero-order chi connectivity index (χ0) is 22.0. The summed E-state index contributed by atoms with van der Waals surface area (Å²) in [5, 5.41) is 9.28. The molecule has 0 amide bonds. The number of allylic oxidation sites excluding steroid dienone is 4. The first-order chi connectivity index (χ1) is 14.3. The van der Waals surface area contributed by atoms with Crippen LogP contribution in [-0.2, 0) is 4.79 Å². The van der Waals surface area contributed by atoms with Gasteiger partial charge in [0.1, 0.15) is 11.5 Å². The van der Waals surface area contributed by atoms with Gasteiger partial charge in [-0.2, -0.15) is 0 Å². The Kier molecular flexibility index (Phi) is 8.42. The summed E-state index contributed by atoms with van der Waals surface area (Å²) in [6, 6.07) is 14.0. The summed E-state index contributed by atoms with van der Waals surface area (Å²) in [5.74, 6) is 0.220. The van der Waals surface area contributed by atoms with Gasteiger partial charge in [0.2, 0.25) is 0 Å². The fourth-order valence-corrected chi connectivity index (χ4v) is 2.76. The SMILES string of the molecule is C=C[C@@](C)(/C=C/c1ccc(OC(=O)/C=C/c2ccc(O)cc2)cc1)CCC=C(C)C. The standard InChI is InChI=1S/C27H30O3/c1-5-27(4,19-6-7-21(2)3)20-18-23-10-15-25(16-11-23)30-26(29)17-12-22-8-13-24(28)14-9-22/h5,7-18,20,28H,1,6,19H2,2-4H3/b17-12+,20-18+/t27-/m1/s1. The molecule has 0 fully saturated rings. The fourth-order valence-electron chi connectivity index (χ4n) is 2.76. The first-order valence-corrected chi connectivity index (χ1v) is 10.0. The maximum Gasteiger partial charge on any atom is 0.336 e. The van der Waals surface area contributed by atoms with Crippen LogP contribution in [0.3, 0.4) is 0 Å².